The number of ether oxygens (including phenoxy) is 2. The van der Waals surface area contributed by atoms with Gasteiger partial charge in [0.25, 0.3) is 0 Å². The Labute approximate surface area is 124 Å². The molecule has 0 fully saturated rings. The van der Waals surface area contributed by atoms with E-state index in [1.165, 1.54) is 0 Å². The standard InChI is InChI=1S/C16H21NO4/c1-4-17(5-2)9-10-20-16(18)15-14-12(11-21-15)7-6-8-13(14)19-3/h6-8,11H,4-5,9-10H2,1-3H3. The molecule has 0 saturated carbocycles. The molecule has 0 radical (unpaired) electrons. The summed E-state index contributed by atoms with van der Waals surface area (Å²) in [5, 5.41) is 1.48. The summed E-state index contributed by atoms with van der Waals surface area (Å²) in [6.45, 7) is 7.09. The van der Waals surface area contributed by atoms with Crippen LogP contribution in [0.25, 0.3) is 10.8 Å². The van der Waals surface area contributed by atoms with Crippen LogP contribution < -0.4 is 4.74 Å². The van der Waals surface area contributed by atoms with Gasteiger partial charge in [0.2, 0.25) is 5.76 Å². The first-order valence-electron chi connectivity index (χ1n) is 7.14. The number of likely N-dealkylation sites (N-methyl/N-ethyl adjacent to an activating group) is 1. The van der Waals surface area contributed by atoms with E-state index in [1.807, 2.05) is 12.1 Å². The van der Waals surface area contributed by atoms with Crippen molar-refractivity contribution in [3.8, 4) is 5.75 Å². The molecule has 0 bridgehead atoms. The second-order valence-corrected chi connectivity index (χ2v) is 4.65. The van der Waals surface area contributed by atoms with Crippen LogP contribution in [0.15, 0.2) is 28.9 Å². The van der Waals surface area contributed by atoms with Crippen LogP contribution in [0.4, 0.5) is 0 Å². The van der Waals surface area contributed by atoms with Crippen LogP contribution in [0.2, 0.25) is 0 Å². The molecule has 1 aromatic carbocycles. The quantitative estimate of drug-likeness (QED) is 0.734. The van der Waals surface area contributed by atoms with Crippen LogP contribution >= 0.6 is 0 Å². The van der Waals surface area contributed by atoms with E-state index in [-0.39, 0.29) is 5.76 Å². The van der Waals surface area contributed by atoms with Crippen LogP contribution in [0.3, 0.4) is 0 Å². The molecule has 1 aromatic heterocycles. The van der Waals surface area contributed by atoms with Crippen molar-refractivity contribution in [2.45, 2.75) is 13.8 Å². The molecule has 0 amide bonds. The third-order valence-corrected chi connectivity index (χ3v) is 3.53. The zero-order chi connectivity index (χ0) is 15.2. The average Bonchev–Trinajstić information content (AvgIpc) is 2.95. The Morgan fingerprint density at radius 2 is 2.05 bits per heavy atom. The number of benzene rings is 1. The Morgan fingerprint density at radius 1 is 1.29 bits per heavy atom. The molecule has 0 unspecified atom stereocenters. The Bertz CT molecular complexity index is 601. The number of carbonyl (C=O) groups is 1. The number of fused-ring (bicyclic) bond motifs is 1. The second kappa shape index (κ2) is 7.13. The number of carbonyl (C=O) groups excluding carboxylic acids is 1. The van der Waals surface area contributed by atoms with Gasteiger partial charge in [-0.3, -0.25) is 0 Å². The fourth-order valence-electron chi connectivity index (χ4n) is 2.26. The SMILES string of the molecule is CCN(CC)CCOC(=O)c1occ2cccc(OC)c12. The van der Waals surface area contributed by atoms with Crippen molar-refractivity contribution in [1.29, 1.82) is 0 Å². The fourth-order valence-corrected chi connectivity index (χ4v) is 2.26. The number of nitrogens with zero attached hydrogens (tertiary/aromatic N) is 1. The molecule has 0 N–H and O–H groups in total. The average molecular weight is 291 g/mol. The van der Waals surface area contributed by atoms with Crippen molar-refractivity contribution in [1.82, 2.24) is 4.90 Å². The van der Waals surface area contributed by atoms with Crippen LogP contribution in [-0.2, 0) is 4.74 Å². The highest BCUT2D eigenvalue weighted by Gasteiger charge is 2.19. The predicted octanol–water partition coefficient (Wildman–Crippen LogP) is 2.94. The summed E-state index contributed by atoms with van der Waals surface area (Å²) < 4.78 is 15.9. The first-order chi connectivity index (χ1) is 10.2. The van der Waals surface area contributed by atoms with Crippen LogP contribution in [0, 0.1) is 0 Å². The molecular weight excluding hydrogens is 270 g/mol. The maximum Gasteiger partial charge on any atom is 0.375 e. The van der Waals surface area contributed by atoms with Crippen molar-refractivity contribution >= 4 is 16.7 Å². The number of hydrogen-bond donors (Lipinski definition) is 0. The molecular formula is C16H21NO4. The van der Waals surface area contributed by atoms with Crippen LogP contribution in [0.1, 0.15) is 24.4 Å². The van der Waals surface area contributed by atoms with E-state index in [9.17, 15) is 4.79 Å². The number of furan rings is 1. The summed E-state index contributed by atoms with van der Waals surface area (Å²) in [6, 6.07) is 5.52. The Kier molecular flexibility index (Phi) is 5.22. The molecule has 0 spiro atoms. The molecule has 114 valence electrons. The number of methoxy groups -OCH3 is 1. The zero-order valence-electron chi connectivity index (χ0n) is 12.7. The van der Waals surface area contributed by atoms with Gasteiger partial charge in [-0.25, -0.2) is 4.79 Å². The Morgan fingerprint density at radius 3 is 2.71 bits per heavy atom. The summed E-state index contributed by atoms with van der Waals surface area (Å²) in [4.78, 5) is 14.3. The molecule has 21 heavy (non-hydrogen) atoms. The summed E-state index contributed by atoms with van der Waals surface area (Å²) in [6.07, 6.45) is 1.54. The lowest BCUT2D eigenvalue weighted by molar-refractivity contribution is 0.0433. The van der Waals surface area contributed by atoms with Crippen LogP contribution in [0.5, 0.6) is 5.75 Å². The number of esters is 1. The van der Waals surface area contributed by atoms with Crippen molar-refractivity contribution in [2.24, 2.45) is 0 Å². The lowest BCUT2D eigenvalue weighted by Crippen LogP contribution is -2.27. The summed E-state index contributed by atoms with van der Waals surface area (Å²) >= 11 is 0. The second-order valence-electron chi connectivity index (χ2n) is 4.65. The van der Waals surface area contributed by atoms with E-state index in [1.54, 1.807) is 19.4 Å². The van der Waals surface area contributed by atoms with Gasteiger partial charge in [0.05, 0.1) is 18.8 Å². The van der Waals surface area contributed by atoms with Crippen molar-refractivity contribution in [3.05, 3.63) is 30.2 Å². The van der Waals surface area contributed by atoms with Gasteiger partial charge >= 0.3 is 5.97 Å². The third-order valence-electron chi connectivity index (χ3n) is 3.53. The minimum Gasteiger partial charge on any atom is -0.496 e. The highest BCUT2D eigenvalue weighted by atomic mass is 16.5. The highest BCUT2D eigenvalue weighted by Crippen LogP contribution is 2.30. The molecule has 1 heterocycles. The van der Waals surface area contributed by atoms with Crippen LogP contribution in [-0.4, -0.2) is 44.2 Å². The highest BCUT2D eigenvalue weighted by molar-refractivity contribution is 6.05. The lowest BCUT2D eigenvalue weighted by atomic mass is 10.1. The van der Waals surface area contributed by atoms with Gasteiger partial charge in [-0.15, -0.1) is 0 Å². The van der Waals surface area contributed by atoms with E-state index in [0.717, 1.165) is 18.5 Å². The van der Waals surface area contributed by atoms with Gasteiger partial charge in [0, 0.05) is 11.9 Å². The molecule has 2 rings (SSSR count). The van der Waals surface area contributed by atoms with E-state index < -0.39 is 5.97 Å². The monoisotopic (exact) mass is 291 g/mol. The molecule has 5 heteroatoms. The normalized spacial score (nSPS) is 11.0. The number of rotatable bonds is 7. The topological polar surface area (TPSA) is 51.9 Å². The fraction of sp³-hybridized carbons (Fsp3) is 0.438. The van der Waals surface area contributed by atoms with E-state index in [2.05, 4.69) is 18.7 Å². The molecule has 5 nitrogen and oxygen atoms in total. The van der Waals surface area contributed by atoms with Gasteiger partial charge in [-0.05, 0) is 19.2 Å². The smallest absolute Gasteiger partial charge is 0.375 e. The summed E-state index contributed by atoms with van der Waals surface area (Å²) in [7, 11) is 1.57. The first-order valence-corrected chi connectivity index (χ1v) is 7.14. The van der Waals surface area contributed by atoms with Crippen molar-refractivity contribution < 1.29 is 18.7 Å². The van der Waals surface area contributed by atoms with E-state index >= 15 is 0 Å². The lowest BCUT2D eigenvalue weighted by Gasteiger charge is -2.17. The molecule has 2 aromatic rings. The predicted molar refractivity (Wildman–Crippen MR) is 80.8 cm³/mol. The summed E-state index contributed by atoms with van der Waals surface area (Å²) in [5.74, 6) is 0.348. The van der Waals surface area contributed by atoms with Gasteiger partial charge in [0.1, 0.15) is 12.4 Å². The Hall–Kier alpha value is -2.01. The molecule has 0 atom stereocenters. The minimum absolute atomic E-state index is 0.196. The van der Waals surface area contributed by atoms with Crippen molar-refractivity contribution in [2.75, 3.05) is 33.4 Å². The zero-order valence-corrected chi connectivity index (χ0v) is 12.7. The number of hydrogen-bond acceptors (Lipinski definition) is 5. The molecule has 0 aliphatic carbocycles. The van der Waals surface area contributed by atoms with E-state index in [0.29, 0.717) is 24.3 Å². The first kappa shape index (κ1) is 15.4. The van der Waals surface area contributed by atoms with Crippen molar-refractivity contribution in [3.63, 3.8) is 0 Å². The largest absolute Gasteiger partial charge is 0.496 e. The molecule has 0 aliphatic rings. The maximum atomic E-state index is 12.2. The Balaban J connectivity index is 2.09. The third kappa shape index (κ3) is 3.36. The molecule has 0 saturated heterocycles. The van der Waals surface area contributed by atoms with Gasteiger partial charge in [-0.2, -0.15) is 0 Å². The van der Waals surface area contributed by atoms with Gasteiger partial charge < -0.3 is 18.8 Å². The van der Waals surface area contributed by atoms with Gasteiger partial charge in [-0.1, -0.05) is 26.0 Å². The summed E-state index contributed by atoms with van der Waals surface area (Å²) in [5.41, 5.74) is 0. The molecule has 0 aliphatic heterocycles. The van der Waals surface area contributed by atoms with E-state index in [4.69, 9.17) is 13.9 Å². The van der Waals surface area contributed by atoms with Gasteiger partial charge in [0.15, 0.2) is 0 Å². The maximum absolute atomic E-state index is 12.2. The minimum atomic E-state index is -0.457.